The van der Waals surface area contributed by atoms with Gasteiger partial charge in [-0.15, -0.1) is 0 Å². The third kappa shape index (κ3) is 2.66. The molecule has 1 saturated heterocycles. The van der Waals surface area contributed by atoms with Crippen LogP contribution in [-0.2, 0) is 4.79 Å². The molecule has 0 atom stereocenters. The van der Waals surface area contributed by atoms with Gasteiger partial charge in [-0.3, -0.25) is 4.79 Å². The zero-order valence-electron chi connectivity index (χ0n) is 10.8. The average Bonchev–Trinajstić information content (AvgIpc) is 2.41. The Morgan fingerprint density at radius 3 is 2.78 bits per heavy atom. The molecule has 1 N–H and O–H groups in total. The van der Waals surface area contributed by atoms with Gasteiger partial charge in [-0.05, 0) is 6.26 Å². The highest BCUT2D eigenvalue weighted by Crippen LogP contribution is 2.21. The minimum absolute atomic E-state index is 0.122. The minimum Gasteiger partial charge on any atom is -0.373 e. The molecule has 1 amide bonds. The molecule has 1 fully saturated rings. The largest absolute Gasteiger partial charge is 0.373 e. The van der Waals surface area contributed by atoms with Gasteiger partial charge in [-0.2, -0.15) is 0 Å². The van der Waals surface area contributed by atoms with Crippen LogP contribution in [0.1, 0.15) is 0 Å². The van der Waals surface area contributed by atoms with E-state index in [2.05, 4.69) is 15.3 Å². The van der Waals surface area contributed by atoms with E-state index in [9.17, 15) is 4.79 Å². The Morgan fingerprint density at radius 1 is 1.39 bits per heavy atom. The molecule has 2 rings (SSSR count). The highest BCUT2D eigenvalue weighted by Gasteiger charge is 2.22. The van der Waals surface area contributed by atoms with Gasteiger partial charge in [0, 0.05) is 33.3 Å². The van der Waals surface area contributed by atoms with Crippen LogP contribution < -0.4 is 10.2 Å². The molecule has 1 aromatic heterocycles. The molecule has 0 unspecified atom stereocenters. The fourth-order valence-electron chi connectivity index (χ4n) is 1.75. The van der Waals surface area contributed by atoms with Gasteiger partial charge in [-0.25, -0.2) is 9.97 Å². The number of carbonyl (C=O) groups is 1. The molecule has 0 aromatic carbocycles. The minimum atomic E-state index is 0.122. The Kier molecular flexibility index (Phi) is 3.90. The number of anilines is 2. The zero-order valence-corrected chi connectivity index (χ0v) is 11.6. The van der Waals surface area contributed by atoms with E-state index in [1.54, 1.807) is 4.90 Å². The molecule has 18 heavy (non-hydrogen) atoms. The van der Waals surface area contributed by atoms with Gasteiger partial charge in [0.15, 0.2) is 5.16 Å². The van der Waals surface area contributed by atoms with E-state index in [1.165, 1.54) is 11.8 Å². The molecular weight excluding hydrogens is 250 g/mol. The quantitative estimate of drug-likeness (QED) is 0.636. The summed E-state index contributed by atoms with van der Waals surface area (Å²) in [6, 6.07) is 1.87. The maximum absolute atomic E-state index is 11.7. The lowest BCUT2D eigenvalue weighted by Gasteiger charge is -2.32. The van der Waals surface area contributed by atoms with Crippen LogP contribution in [0, 0.1) is 0 Å². The number of carbonyl (C=O) groups excluding carboxylic acids is 1. The van der Waals surface area contributed by atoms with Crippen molar-refractivity contribution in [2.45, 2.75) is 5.16 Å². The number of likely N-dealkylation sites (N-methyl/N-ethyl adjacent to an activating group) is 1. The number of rotatable bonds is 3. The van der Waals surface area contributed by atoms with Gasteiger partial charge >= 0.3 is 0 Å². The highest BCUT2D eigenvalue weighted by atomic mass is 32.2. The molecule has 98 valence electrons. The van der Waals surface area contributed by atoms with Crippen LogP contribution in [0.4, 0.5) is 11.6 Å². The van der Waals surface area contributed by atoms with Crippen LogP contribution in [0.3, 0.4) is 0 Å². The second-order valence-corrected chi connectivity index (χ2v) is 4.86. The summed E-state index contributed by atoms with van der Waals surface area (Å²) in [5.74, 6) is 1.70. The van der Waals surface area contributed by atoms with Gasteiger partial charge in [-0.1, -0.05) is 11.8 Å². The maximum Gasteiger partial charge on any atom is 0.241 e. The van der Waals surface area contributed by atoms with E-state index >= 15 is 0 Å². The van der Waals surface area contributed by atoms with Crippen molar-refractivity contribution >= 4 is 29.3 Å². The van der Waals surface area contributed by atoms with Gasteiger partial charge in [0.05, 0.1) is 6.54 Å². The van der Waals surface area contributed by atoms with Crippen LogP contribution in [0.5, 0.6) is 0 Å². The number of amides is 1. The van der Waals surface area contributed by atoms with E-state index in [0.29, 0.717) is 11.7 Å². The molecule has 0 saturated carbocycles. The summed E-state index contributed by atoms with van der Waals surface area (Å²) < 4.78 is 0. The smallest absolute Gasteiger partial charge is 0.241 e. The van der Waals surface area contributed by atoms with Gasteiger partial charge in [0.25, 0.3) is 0 Å². The molecule has 0 radical (unpaired) electrons. The van der Waals surface area contributed by atoms with Crippen LogP contribution in [0.15, 0.2) is 11.2 Å². The van der Waals surface area contributed by atoms with Crippen molar-refractivity contribution in [3.63, 3.8) is 0 Å². The summed E-state index contributed by atoms with van der Waals surface area (Å²) in [5.41, 5.74) is 0. The third-order valence-electron chi connectivity index (χ3n) is 2.91. The normalized spacial score (nSPS) is 16.1. The first-order chi connectivity index (χ1) is 8.63. The number of nitrogens with zero attached hydrogens (tertiary/aromatic N) is 4. The first-order valence-electron chi connectivity index (χ1n) is 5.73. The predicted molar refractivity (Wildman–Crippen MR) is 73.2 cm³/mol. The Bertz CT molecular complexity index is 431. The summed E-state index contributed by atoms with van der Waals surface area (Å²) in [6.07, 6.45) is 1.94. The first kappa shape index (κ1) is 12.9. The fourth-order valence-corrected chi connectivity index (χ4v) is 2.12. The van der Waals surface area contributed by atoms with Crippen molar-refractivity contribution in [1.82, 2.24) is 14.9 Å². The highest BCUT2D eigenvalue weighted by molar-refractivity contribution is 7.98. The van der Waals surface area contributed by atoms with Crippen molar-refractivity contribution in [2.75, 3.05) is 50.2 Å². The first-order valence-corrected chi connectivity index (χ1v) is 6.96. The number of hydrogen-bond acceptors (Lipinski definition) is 6. The molecule has 0 spiro atoms. The Hall–Kier alpha value is -1.50. The fraction of sp³-hybridized carbons (Fsp3) is 0.545. The van der Waals surface area contributed by atoms with E-state index in [-0.39, 0.29) is 5.91 Å². The van der Waals surface area contributed by atoms with Crippen molar-refractivity contribution in [3.8, 4) is 0 Å². The number of aromatic nitrogens is 2. The summed E-state index contributed by atoms with van der Waals surface area (Å²) in [4.78, 5) is 24.2. The second-order valence-electron chi connectivity index (χ2n) is 4.08. The van der Waals surface area contributed by atoms with Crippen molar-refractivity contribution in [1.29, 1.82) is 0 Å². The van der Waals surface area contributed by atoms with Crippen LogP contribution in [0.2, 0.25) is 0 Å². The molecule has 0 bridgehead atoms. The molecule has 1 aliphatic heterocycles. The summed E-state index contributed by atoms with van der Waals surface area (Å²) >= 11 is 1.49. The van der Waals surface area contributed by atoms with E-state index in [0.717, 1.165) is 24.7 Å². The van der Waals surface area contributed by atoms with Gasteiger partial charge in [0.1, 0.15) is 11.6 Å². The molecule has 1 aromatic rings. The SMILES string of the molecule is CNc1cc(N2CCN(C)C(=O)C2)nc(SC)n1. The number of nitrogens with one attached hydrogen (secondary N) is 1. The summed E-state index contributed by atoms with van der Waals surface area (Å²) in [7, 11) is 3.65. The maximum atomic E-state index is 11.7. The van der Waals surface area contributed by atoms with E-state index < -0.39 is 0 Å². The van der Waals surface area contributed by atoms with Crippen LogP contribution in [-0.4, -0.2) is 60.8 Å². The summed E-state index contributed by atoms with van der Waals surface area (Å²) in [6.45, 7) is 1.91. The van der Waals surface area contributed by atoms with Crippen molar-refractivity contribution in [3.05, 3.63) is 6.07 Å². The molecule has 6 nitrogen and oxygen atoms in total. The van der Waals surface area contributed by atoms with Crippen molar-refractivity contribution < 1.29 is 4.79 Å². The van der Waals surface area contributed by atoms with Crippen LogP contribution >= 0.6 is 11.8 Å². The molecule has 7 heteroatoms. The van der Waals surface area contributed by atoms with Crippen LogP contribution in [0.25, 0.3) is 0 Å². The number of hydrogen-bond donors (Lipinski definition) is 1. The Labute approximate surface area is 111 Å². The number of piperazine rings is 1. The summed E-state index contributed by atoms with van der Waals surface area (Å²) in [5, 5.41) is 3.73. The van der Waals surface area contributed by atoms with E-state index in [4.69, 9.17) is 0 Å². The predicted octanol–water partition coefficient (Wildman–Crippen LogP) is 0.519. The van der Waals surface area contributed by atoms with Gasteiger partial charge in [0.2, 0.25) is 5.91 Å². The molecule has 1 aliphatic rings. The van der Waals surface area contributed by atoms with Gasteiger partial charge < -0.3 is 15.1 Å². The average molecular weight is 267 g/mol. The third-order valence-corrected chi connectivity index (χ3v) is 3.46. The lowest BCUT2D eigenvalue weighted by molar-refractivity contribution is -0.129. The second kappa shape index (κ2) is 5.43. The van der Waals surface area contributed by atoms with Crippen molar-refractivity contribution in [2.24, 2.45) is 0 Å². The molecular formula is C11H17N5OS. The molecule has 0 aliphatic carbocycles. The molecule has 2 heterocycles. The standard InChI is InChI=1S/C11H17N5OS/c1-12-8-6-9(14-11(13-8)18-3)16-5-4-15(2)10(17)7-16/h6H,4-5,7H2,1-3H3,(H,12,13,14). The number of thioether (sulfide) groups is 1. The lowest BCUT2D eigenvalue weighted by atomic mass is 10.3. The Morgan fingerprint density at radius 2 is 2.17 bits per heavy atom. The monoisotopic (exact) mass is 267 g/mol. The Balaban J connectivity index is 2.24. The lowest BCUT2D eigenvalue weighted by Crippen LogP contribution is -2.48. The zero-order chi connectivity index (χ0) is 13.1. The van der Waals surface area contributed by atoms with E-state index in [1.807, 2.05) is 31.3 Å². The topological polar surface area (TPSA) is 61.4 Å².